The van der Waals surface area contributed by atoms with E-state index in [0.29, 0.717) is 0 Å². The van der Waals surface area contributed by atoms with E-state index in [4.69, 9.17) is 16.7 Å². The van der Waals surface area contributed by atoms with Gasteiger partial charge in [-0.1, -0.05) is 48.0 Å². The van der Waals surface area contributed by atoms with Gasteiger partial charge in [-0.05, 0) is 35.7 Å². The molecular weight excluding hydrogens is 286 g/mol. The van der Waals surface area contributed by atoms with Crippen LogP contribution >= 0.6 is 11.6 Å². The molecule has 0 aliphatic heterocycles. The van der Waals surface area contributed by atoms with Gasteiger partial charge in [-0.15, -0.1) is 0 Å². The SMILES string of the molecule is CC(NCc1ccc(CC(=O)O)cc1)c1cccc(Cl)c1. The van der Waals surface area contributed by atoms with Gasteiger partial charge in [-0.25, -0.2) is 0 Å². The van der Waals surface area contributed by atoms with E-state index in [1.54, 1.807) is 0 Å². The van der Waals surface area contributed by atoms with Crippen molar-refractivity contribution in [2.75, 3.05) is 0 Å². The summed E-state index contributed by atoms with van der Waals surface area (Å²) in [4.78, 5) is 10.6. The molecule has 0 saturated heterocycles. The highest BCUT2D eigenvalue weighted by molar-refractivity contribution is 6.30. The number of benzene rings is 2. The van der Waals surface area contributed by atoms with E-state index in [1.807, 2.05) is 48.5 Å². The summed E-state index contributed by atoms with van der Waals surface area (Å²) in [5.74, 6) is -0.810. The normalized spacial score (nSPS) is 12.1. The Morgan fingerprint density at radius 1 is 1.19 bits per heavy atom. The fraction of sp³-hybridized carbons (Fsp3) is 0.235. The van der Waals surface area contributed by atoms with E-state index in [9.17, 15) is 4.79 Å². The maximum absolute atomic E-state index is 10.6. The summed E-state index contributed by atoms with van der Waals surface area (Å²) in [7, 11) is 0. The molecule has 1 atom stereocenters. The van der Waals surface area contributed by atoms with E-state index in [2.05, 4.69) is 12.2 Å². The lowest BCUT2D eigenvalue weighted by atomic mass is 10.1. The Morgan fingerprint density at radius 2 is 1.86 bits per heavy atom. The van der Waals surface area contributed by atoms with Crippen molar-refractivity contribution < 1.29 is 9.90 Å². The molecule has 0 amide bonds. The van der Waals surface area contributed by atoms with Crippen molar-refractivity contribution in [2.24, 2.45) is 0 Å². The fourth-order valence-electron chi connectivity index (χ4n) is 2.11. The summed E-state index contributed by atoms with van der Waals surface area (Å²) in [5, 5.41) is 12.9. The number of carboxylic acid groups (broad SMARTS) is 1. The fourth-order valence-corrected chi connectivity index (χ4v) is 2.31. The summed E-state index contributed by atoms with van der Waals surface area (Å²) in [6.07, 6.45) is 0.0621. The number of aliphatic carboxylic acids is 1. The molecule has 2 rings (SSSR count). The first-order valence-corrected chi connectivity index (χ1v) is 7.21. The van der Waals surface area contributed by atoms with Crippen molar-refractivity contribution in [1.82, 2.24) is 5.32 Å². The quantitative estimate of drug-likeness (QED) is 0.853. The number of carbonyl (C=O) groups is 1. The van der Waals surface area contributed by atoms with Crippen LogP contribution < -0.4 is 5.32 Å². The first kappa shape index (κ1) is 15.5. The van der Waals surface area contributed by atoms with Gasteiger partial charge < -0.3 is 10.4 Å². The maximum atomic E-state index is 10.6. The Labute approximate surface area is 129 Å². The topological polar surface area (TPSA) is 49.3 Å². The minimum Gasteiger partial charge on any atom is -0.481 e. The molecule has 3 nitrogen and oxygen atoms in total. The summed E-state index contributed by atoms with van der Waals surface area (Å²) < 4.78 is 0. The summed E-state index contributed by atoms with van der Waals surface area (Å²) in [5.41, 5.74) is 3.08. The highest BCUT2D eigenvalue weighted by atomic mass is 35.5. The lowest BCUT2D eigenvalue weighted by Gasteiger charge is -2.14. The molecule has 0 bridgehead atoms. The van der Waals surface area contributed by atoms with Gasteiger partial charge in [-0.2, -0.15) is 0 Å². The van der Waals surface area contributed by atoms with Crippen molar-refractivity contribution in [3.63, 3.8) is 0 Å². The van der Waals surface area contributed by atoms with Crippen LogP contribution in [0.2, 0.25) is 5.02 Å². The van der Waals surface area contributed by atoms with Crippen LogP contribution in [-0.2, 0) is 17.8 Å². The largest absolute Gasteiger partial charge is 0.481 e. The predicted octanol–water partition coefficient (Wildman–Crippen LogP) is 3.82. The molecule has 0 aliphatic carbocycles. The number of halogens is 1. The van der Waals surface area contributed by atoms with Crippen LogP contribution in [0, 0.1) is 0 Å². The number of hydrogen-bond donors (Lipinski definition) is 2. The summed E-state index contributed by atoms with van der Waals surface area (Å²) in [6, 6.07) is 15.6. The highest BCUT2D eigenvalue weighted by Gasteiger charge is 2.06. The Kier molecular flexibility index (Phi) is 5.37. The molecule has 0 aromatic heterocycles. The predicted molar refractivity (Wildman–Crippen MR) is 84.5 cm³/mol. The zero-order valence-corrected chi connectivity index (χ0v) is 12.6. The van der Waals surface area contributed by atoms with Gasteiger partial charge in [0.2, 0.25) is 0 Å². The second-order valence-corrected chi connectivity index (χ2v) is 5.48. The van der Waals surface area contributed by atoms with Gasteiger partial charge in [0.15, 0.2) is 0 Å². The molecule has 1 unspecified atom stereocenters. The molecular formula is C17H18ClNO2. The lowest BCUT2D eigenvalue weighted by molar-refractivity contribution is -0.136. The maximum Gasteiger partial charge on any atom is 0.307 e. The molecule has 0 heterocycles. The monoisotopic (exact) mass is 303 g/mol. The van der Waals surface area contributed by atoms with Crippen LogP contribution in [0.15, 0.2) is 48.5 Å². The zero-order chi connectivity index (χ0) is 15.2. The second-order valence-electron chi connectivity index (χ2n) is 5.04. The molecule has 2 N–H and O–H groups in total. The summed E-state index contributed by atoms with van der Waals surface area (Å²) >= 11 is 5.99. The van der Waals surface area contributed by atoms with Gasteiger partial charge in [0.05, 0.1) is 6.42 Å². The van der Waals surface area contributed by atoms with Crippen LogP contribution in [-0.4, -0.2) is 11.1 Å². The van der Waals surface area contributed by atoms with E-state index < -0.39 is 5.97 Å². The number of carboxylic acids is 1. The van der Waals surface area contributed by atoms with Crippen LogP contribution in [0.25, 0.3) is 0 Å². The standard InChI is InChI=1S/C17H18ClNO2/c1-12(15-3-2-4-16(18)10-15)19-11-14-7-5-13(6-8-14)9-17(20)21/h2-8,10,12,19H,9,11H2,1H3,(H,20,21). The third-order valence-corrected chi connectivity index (χ3v) is 3.57. The Morgan fingerprint density at radius 3 is 2.48 bits per heavy atom. The average Bonchev–Trinajstić information content (AvgIpc) is 2.45. The molecule has 110 valence electrons. The summed E-state index contributed by atoms with van der Waals surface area (Å²) in [6.45, 7) is 2.81. The minimum absolute atomic E-state index is 0.0621. The molecule has 2 aromatic rings. The van der Waals surface area contributed by atoms with Gasteiger partial charge in [0.25, 0.3) is 0 Å². The third-order valence-electron chi connectivity index (χ3n) is 3.34. The van der Waals surface area contributed by atoms with Crippen molar-refractivity contribution in [2.45, 2.75) is 25.9 Å². The molecule has 0 fully saturated rings. The first-order chi connectivity index (χ1) is 10.0. The van der Waals surface area contributed by atoms with Crippen molar-refractivity contribution >= 4 is 17.6 Å². The van der Waals surface area contributed by atoms with Gasteiger partial charge >= 0.3 is 5.97 Å². The molecule has 0 saturated carbocycles. The first-order valence-electron chi connectivity index (χ1n) is 6.83. The van der Waals surface area contributed by atoms with Crippen molar-refractivity contribution in [3.05, 3.63) is 70.2 Å². The smallest absolute Gasteiger partial charge is 0.307 e. The number of nitrogens with one attached hydrogen (secondary N) is 1. The van der Waals surface area contributed by atoms with Gasteiger partial charge in [0, 0.05) is 17.6 Å². The second kappa shape index (κ2) is 7.25. The molecule has 0 aliphatic rings. The molecule has 0 radical (unpaired) electrons. The zero-order valence-electron chi connectivity index (χ0n) is 11.8. The molecule has 0 spiro atoms. The number of hydrogen-bond acceptors (Lipinski definition) is 2. The van der Waals surface area contributed by atoms with Crippen LogP contribution in [0.1, 0.15) is 29.7 Å². The van der Waals surface area contributed by atoms with Gasteiger partial charge in [0.1, 0.15) is 0 Å². The van der Waals surface area contributed by atoms with Crippen LogP contribution in [0.5, 0.6) is 0 Å². The Hall–Kier alpha value is -1.84. The van der Waals surface area contributed by atoms with E-state index in [0.717, 1.165) is 28.3 Å². The number of rotatable bonds is 6. The molecule has 2 aromatic carbocycles. The van der Waals surface area contributed by atoms with Gasteiger partial charge in [-0.3, -0.25) is 4.79 Å². The van der Waals surface area contributed by atoms with Crippen LogP contribution in [0.4, 0.5) is 0 Å². The van der Waals surface area contributed by atoms with E-state index >= 15 is 0 Å². The Bertz CT molecular complexity index is 610. The molecule has 21 heavy (non-hydrogen) atoms. The highest BCUT2D eigenvalue weighted by Crippen LogP contribution is 2.17. The molecule has 4 heteroatoms. The van der Waals surface area contributed by atoms with Crippen molar-refractivity contribution in [1.29, 1.82) is 0 Å². The Balaban J connectivity index is 1.92. The van der Waals surface area contributed by atoms with E-state index in [-0.39, 0.29) is 12.5 Å². The van der Waals surface area contributed by atoms with Crippen molar-refractivity contribution in [3.8, 4) is 0 Å². The van der Waals surface area contributed by atoms with Crippen LogP contribution in [0.3, 0.4) is 0 Å². The van der Waals surface area contributed by atoms with E-state index in [1.165, 1.54) is 0 Å². The third kappa shape index (κ3) is 4.88. The lowest BCUT2D eigenvalue weighted by Crippen LogP contribution is -2.18. The minimum atomic E-state index is -0.810. The average molecular weight is 304 g/mol.